The van der Waals surface area contributed by atoms with Crippen LogP contribution in [0.3, 0.4) is 0 Å². The van der Waals surface area contributed by atoms with E-state index in [0.717, 1.165) is 34.3 Å². The van der Waals surface area contributed by atoms with E-state index in [0.29, 0.717) is 10.0 Å². The number of hydrogen-bond donors (Lipinski definition) is 1. The molecule has 34 heavy (non-hydrogen) atoms. The number of halogens is 1. The number of aryl methyl sites for hydroxylation is 1. The molecule has 0 aliphatic rings. The molecule has 0 saturated heterocycles. The maximum Gasteiger partial charge on any atom is 0.314 e. The fraction of sp³-hybridized carbons (Fsp3) is 0.0357. The number of nitrogens with one attached hydrogen (secondary N) is 1. The number of anilines is 1. The summed E-state index contributed by atoms with van der Waals surface area (Å²) < 4.78 is 4.00. The first kappa shape index (κ1) is 22.0. The molecule has 0 aliphatic carbocycles. The molecule has 0 amide bonds. The van der Waals surface area contributed by atoms with Crippen LogP contribution in [0.1, 0.15) is 11.4 Å². The lowest BCUT2D eigenvalue weighted by atomic mass is 10.1. The summed E-state index contributed by atoms with van der Waals surface area (Å²) in [6.45, 7) is 2.08. The van der Waals surface area contributed by atoms with Gasteiger partial charge in [0.2, 0.25) is 0 Å². The highest BCUT2D eigenvalue weighted by atomic mass is 35.5. The molecule has 0 radical (unpaired) electrons. The highest BCUT2D eigenvalue weighted by molar-refractivity contribution is 7.81. The standard InChI is InChI=1S/C28H21ClN4S/c1-20-12-14-21(15-13-20)26-31-33(25-10-6-3-7-11-25)28(32(26)24-8-4-2-5-9-24)27(34)30-23-18-16-22(29)17-19-23/h2-19H,1H3/p+1. The lowest BCUT2D eigenvalue weighted by molar-refractivity contribution is -0.585. The van der Waals surface area contributed by atoms with Crippen LogP contribution in [-0.4, -0.2) is 14.8 Å². The molecular formula is C28H22ClN4S+. The van der Waals surface area contributed by atoms with Crippen LogP contribution in [0.4, 0.5) is 5.69 Å². The Labute approximate surface area is 209 Å². The number of thiocarbonyl (C=S) groups is 1. The van der Waals surface area contributed by atoms with Crippen molar-refractivity contribution in [2.75, 3.05) is 5.32 Å². The Kier molecular flexibility index (Phi) is 6.21. The van der Waals surface area contributed by atoms with Gasteiger partial charge in [0, 0.05) is 10.7 Å². The Morgan fingerprint density at radius 2 is 1.44 bits per heavy atom. The monoisotopic (exact) mass is 481 g/mol. The second-order valence-electron chi connectivity index (χ2n) is 7.89. The van der Waals surface area contributed by atoms with E-state index in [9.17, 15) is 0 Å². The van der Waals surface area contributed by atoms with Gasteiger partial charge >= 0.3 is 11.6 Å². The van der Waals surface area contributed by atoms with Crippen molar-refractivity contribution in [2.24, 2.45) is 0 Å². The van der Waals surface area contributed by atoms with E-state index in [2.05, 4.69) is 53.2 Å². The van der Waals surface area contributed by atoms with Gasteiger partial charge in [0.1, 0.15) is 11.4 Å². The lowest BCUT2D eigenvalue weighted by Crippen LogP contribution is -2.40. The Balaban J connectivity index is 1.75. The fourth-order valence-corrected chi connectivity index (χ4v) is 4.18. The molecule has 5 rings (SSSR count). The van der Waals surface area contributed by atoms with Gasteiger partial charge in [0.15, 0.2) is 4.99 Å². The van der Waals surface area contributed by atoms with Gasteiger partial charge in [-0.3, -0.25) is 0 Å². The molecule has 0 aliphatic heterocycles. The van der Waals surface area contributed by atoms with Crippen LogP contribution >= 0.6 is 23.8 Å². The summed E-state index contributed by atoms with van der Waals surface area (Å²) in [7, 11) is 0. The summed E-state index contributed by atoms with van der Waals surface area (Å²) in [6.07, 6.45) is 0. The predicted molar refractivity (Wildman–Crippen MR) is 142 cm³/mol. The Morgan fingerprint density at radius 3 is 2.09 bits per heavy atom. The summed E-state index contributed by atoms with van der Waals surface area (Å²) >= 11 is 12.0. The second kappa shape index (κ2) is 9.59. The van der Waals surface area contributed by atoms with E-state index in [1.165, 1.54) is 5.56 Å². The fourth-order valence-electron chi connectivity index (χ4n) is 3.76. The molecule has 0 unspecified atom stereocenters. The average molecular weight is 482 g/mol. The molecule has 1 aromatic heterocycles. The molecule has 0 saturated carbocycles. The van der Waals surface area contributed by atoms with Crippen molar-refractivity contribution in [3.63, 3.8) is 0 Å². The van der Waals surface area contributed by atoms with Crippen LogP contribution in [0, 0.1) is 6.92 Å². The SMILES string of the molecule is Cc1ccc(-c2nn(-c3ccccc3)c(C(=S)Nc3ccc(Cl)cc3)[n+]2-c2ccccc2)cc1. The maximum atomic E-state index is 6.08. The molecule has 6 heteroatoms. The topological polar surface area (TPSA) is 33.7 Å². The molecule has 4 aromatic carbocycles. The third-order valence-electron chi connectivity index (χ3n) is 5.45. The molecule has 0 atom stereocenters. The van der Waals surface area contributed by atoms with Crippen LogP contribution in [0.15, 0.2) is 109 Å². The molecule has 0 bridgehead atoms. The second-order valence-corrected chi connectivity index (χ2v) is 8.74. The van der Waals surface area contributed by atoms with E-state index in [-0.39, 0.29) is 0 Å². The smallest absolute Gasteiger partial charge is 0.314 e. The van der Waals surface area contributed by atoms with E-state index in [1.54, 1.807) is 0 Å². The minimum absolute atomic E-state index is 0.542. The average Bonchev–Trinajstić information content (AvgIpc) is 3.28. The molecule has 1 heterocycles. The molecule has 5 aromatic rings. The van der Waals surface area contributed by atoms with Gasteiger partial charge in [0.25, 0.3) is 0 Å². The summed E-state index contributed by atoms with van der Waals surface area (Å²) in [5.41, 5.74) is 4.93. The first-order valence-corrected chi connectivity index (χ1v) is 11.7. The van der Waals surface area contributed by atoms with Crippen LogP contribution in [0.2, 0.25) is 5.02 Å². The lowest BCUT2D eigenvalue weighted by Gasteiger charge is -2.09. The van der Waals surface area contributed by atoms with Gasteiger partial charge in [-0.25, -0.2) is 0 Å². The zero-order chi connectivity index (χ0) is 23.5. The van der Waals surface area contributed by atoms with Gasteiger partial charge in [-0.05, 0) is 67.6 Å². The molecule has 166 valence electrons. The van der Waals surface area contributed by atoms with E-state index in [4.69, 9.17) is 28.9 Å². The van der Waals surface area contributed by atoms with Crippen LogP contribution in [0.25, 0.3) is 22.8 Å². The number of para-hydroxylation sites is 2. The Bertz CT molecular complexity index is 1430. The van der Waals surface area contributed by atoms with Crippen molar-refractivity contribution >= 4 is 34.5 Å². The van der Waals surface area contributed by atoms with Crippen molar-refractivity contribution in [3.05, 3.63) is 126 Å². The van der Waals surface area contributed by atoms with Crippen LogP contribution < -0.4 is 9.88 Å². The number of benzene rings is 4. The maximum absolute atomic E-state index is 6.08. The van der Waals surface area contributed by atoms with Crippen molar-refractivity contribution in [3.8, 4) is 22.8 Å². The Morgan fingerprint density at radius 1 is 0.824 bits per heavy atom. The molecular weight excluding hydrogens is 460 g/mol. The minimum atomic E-state index is 0.542. The van der Waals surface area contributed by atoms with Crippen LogP contribution in [-0.2, 0) is 0 Å². The zero-order valence-corrected chi connectivity index (χ0v) is 20.1. The highest BCUT2D eigenvalue weighted by Crippen LogP contribution is 2.22. The third kappa shape index (κ3) is 4.49. The third-order valence-corrected chi connectivity index (χ3v) is 5.99. The summed E-state index contributed by atoms with van der Waals surface area (Å²) in [5.74, 6) is 1.54. The van der Waals surface area contributed by atoms with Crippen LogP contribution in [0.5, 0.6) is 0 Å². The molecule has 4 nitrogen and oxygen atoms in total. The number of aromatic nitrogens is 3. The summed E-state index contributed by atoms with van der Waals surface area (Å²) in [5, 5.41) is 9.11. The molecule has 1 N–H and O–H groups in total. The zero-order valence-electron chi connectivity index (χ0n) is 18.5. The largest absolute Gasteiger partial charge is 0.341 e. The van der Waals surface area contributed by atoms with E-state index >= 15 is 0 Å². The molecule has 0 spiro atoms. The van der Waals surface area contributed by atoms with Crippen molar-refractivity contribution < 1.29 is 4.57 Å². The van der Waals surface area contributed by atoms with Gasteiger partial charge in [-0.1, -0.05) is 82.6 Å². The van der Waals surface area contributed by atoms with Gasteiger partial charge in [-0.2, -0.15) is 4.57 Å². The number of nitrogens with zero attached hydrogens (tertiary/aromatic N) is 3. The quantitative estimate of drug-likeness (QED) is 0.228. The van der Waals surface area contributed by atoms with E-state index < -0.39 is 0 Å². The first-order chi connectivity index (χ1) is 16.6. The van der Waals surface area contributed by atoms with Crippen molar-refractivity contribution in [2.45, 2.75) is 6.92 Å². The highest BCUT2D eigenvalue weighted by Gasteiger charge is 2.32. The molecule has 0 fully saturated rings. The van der Waals surface area contributed by atoms with Gasteiger partial charge in [0.05, 0.1) is 10.7 Å². The predicted octanol–water partition coefficient (Wildman–Crippen LogP) is 6.57. The normalized spacial score (nSPS) is 10.8. The first-order valence-electron chi connectivity index (χ1n) is 10.9. The van der Waals surface area contributed by atoms with Gasteiger partial charge in [-0.15, -0.1) is 0 Å². The van der Waals surface area contributed by atoms with Crippen molar-refractivity contribution in [1.82, 2.24) is 9.78 Å². The number of rotatable bonds is 5. The van der Waals surface area contributed by atoms with Crippen molar-refractivity contribution in [1.29, 1.82) is 0 Å². The summed E-state index contributed by atoms with van der Waals surface area (Å²) in [6, 6.07) is 36.0. The number of hydrogen-bond acceptors (Lipinski definition) is 2. The van der Waals surface area contributed by atoms with Gasteiger partial charge < -0.3 is 5.32 Å². The van der Waals surface area contributed by atoms with E-state index in [1.807, 2.05) is 77.5 Å². The minimum Gasteiger partial charge on any atom is -0.341 e. The summed E-state index contributed by atoms with van der Waals surface area (Å²) in [4.78, 5) is 0.542. The Hall–Kier alpha value is -3.80.